The molecule has 0 saturated carbocycles. The molecule has 3 rings (SSSR count). The monoisotopic (exact) mass is 253 g/mol. The van der Waals surface area contributed by atoms with E-state index in [1.165, 1.54) is 24.0 Å². The highest BCUT2D eigenvalue weighted by molar-refractivity contribution is 5.36. The number of hydrogen-bond acceptors (Lipinski definition) is 3. The van der Waals surface area contributed by atoms with Crippen LogP contribution < -0.4 is 5.73 Å². The fourth-order valence-electron chi connectivity index (χ4n) is 2.86. The van der Waals surface area contributed by atoms with E-state index in [-0.39, 0.29) is 0 Å². The highest BCUT2D eigenvalue weighted by Crippen LogP contribution is 2.34. The van der Waals surface area contributed by atoms with Crippen molar-refractivity contribution in [3.8, 4) is 0 Å². The second-order valence-electron chi connectivity index (χ2n) is 5.13. The second kappa shape index (κ2) is 5.49. The third-order valence-electron chi connectivity index (χ3n) is 3.84. The van der Waals surface area contributed by atoms with Gasteiger partial charge < -0.3 is 5.73 Å². The van der Waals surface area contributed by atoms with Crippen molar-refractivity contribution in [2.24, 2.45) is 5.73 Å². The zero-order chi connectivity index (χ0) is 13.1. The molecule has 2 N–H and O–H groups in total. The lowest BCUT2D eigenvalue weighted by atomic mass is 9.82. The van der Waals surface area contributed by atoms with Crippen molar-refractivity contribution in [2.45, 2.75) is 31.6 Å². The lowest BCUT2D eigenvalue weighted by Gasteiger charge is -2.24. The summed E-state index contributed by atoms with van der Waals surface area (Å²) < 4.78 is 0. The van der Waals surface area contributed by atoms with Crippen LogP contribution in [0.15, 0.2) is 36.7 Å². The van der Waals surface area contributed by atoms with Crippen LogP contribution in [0.2, 0.25) is 0 Å². The minimum Gasteiger partial charge on any atom is -0.330 e. The molecule has 0 saturated heterocycles. The van der Waals surface area contributed by atoms with Crippen molar-refractivity contribution in [1.82, 2.24) is 9.97 Å². The van der Waals surface area contributed by atoms with Gasteiger partial charge in [0, 0.05) is 18.3 Å². The summed E-state index contributed by atoms with van der Waals surface area (Å²) in [4.78, 5) is 9.11. The fraction of sp³-hybridized carbons (Fsp3) is 0.375. The molecule has 0 amide bonds. The molecular weight excluding hydrogens is 234 g/mol. The molecule has 1 heterocycles. The third kappa shape index (κ3) is 2.51. The summed E-state index contributed by atoms with van der Waals surface area (Å²) in [6.45, 7) is 0.648. The number of aryl methyl sites for hydroxylation is 1. The van der Waals surface area contributed by atoms with Gasteiger partial charge in [-0.05, 0) is 48.9 Å². The second-order valence-corrected chi connectivity index (χ2v) is 5.13. The normalized spacial score (nSPS) is 18.1. The molecule has 1 aliphatic rings. The summed E-state index contributed by atoms with van der Waals surface area (Å²) in [6, 6.07) is 8.67. The van der Waals surface area contributed by atoms with Crippen LogP contribution in [0.5, 0.6) is 0 Å². The molecule has 0 bridgehead atoms. The number of nitrogens with two attached hydrogens (primary N) is 1. The van der Waals surface area contributed by atoms with E-state index in [0.717, 1.165) is 24.2 Å². The lowest BCUT2D eigenvalue weighted by molar-refractivity contribution is 0.589. The zero-order valence-electron chi connectivity index (χ0n) is 11.0. The molecule has 19 heavy (non-hydrogen) atoms. The van der Waals surface area contributed by atoms with Gasteiger partial charge >= 0.3 is 0 Å². The molecule has 1 aliphatic carbocycles. The largest absolute Gasteiger partial charge is 0.330 e. The summed E-state index contributed by atoms with van der Waals surface area (Å²) in [6.07, 6.45) is 8.24. The molecule has 2 aromatic rings. The van der Waals surface area contributed by atoms with Gasteiger partial charge in [-0.2, -0.15) is 0 Å². The highest BCUT2D eigenvalue weighted by Gasteiger charge is 2.23. The Morgan fingerprint density at radius 2 is 1.95 bits per heavy atom. The van der Waals surface area contributed by atoms with E-state index < -0.39 is 0 Å². The van der Waals surface area contributed by atoms with Crippen LogP contribution in [-0.2, 0) is 12.8 Å². The molecule has 1 aromatic carbocycles. The molecule has 1 atom stereocenters. The average molecular weight is 253 g/mol. The van der Waals surface area contributed by atoms with Crippen LogP contribution in [0.3, 0.4) is 0 Å². The Morgan fingerprint density at radius 3 is 2.74 bits per heavy atom. The van der Waals surface area contributed by atoms with Gasteiger partial charge in [0.05, 0.1) is 0 Å². The van der Waals surface area contributed by atoms with E-state index in [9.17, 15) is 0 Å². The van der Waals surface area contributed by atoms with Crippen molar-refractivity contribution < 1.29 is 0 Å². The van der Waals surface area contributed by atoms with Gasteiger partial charge in [0.25, 0.3) is 0 Å². The molecule has 3 nitrogen and oxygen atoms in total. The third-order valence-corrected chi connectivity index (χ3v) is 3.84. The molecule has 1 unspecified atom stereocenters. The van der Waals surface area contributed by atoms with Crippen molar-refractivity contribution in [3.63, 3.8) is 0 Å². The van der Waals surface area contributed by atoms with E-state index in [1.54, 1.807) is 0 Å². The van der Waals surface area contributed by atoms with E-state index in [4.69, 9.17) is 5.73 Å². The first kappa shape index (κ1) is 12.3. The molecule has 0 aliphatic heterocycles. The van der Waals surface area contributed by atoms with Gasteiger partial charge in [0.1, 0.15) is 5.82 Å². The topological polar surface area (TPSA) is 51.8 Å². The Labute approximate surface area is 113 Å². The molecule has 0 radical (unpaired) electrons. The van der Waals surface area contributed by atoms with Crippen LogP contribution in [0.1, 0.15) is 41.3 Å². The first-order valence-electron chi connectivity index (χ1n) is 6.97. The van der Waals surface area contributed by atoms with Crippen molar-refractivity contribution in [2.75, 3.05) is 6.54 Å². The predicted molar refractivity (Wildman–Crippen MR) is 76.0 cm³/mol. The Morgan fingerprint density at radius 1 is 1.16 bits per heavy atom. The van der Waals surface area contributed by atoms with Crippen molar-refractivity contribution in [3.05, 3.63) is 59.2 Å². The first-order chi connectivity index (χ1) is 9.38. The van der Waals surface area contributed by atoms with Crippen LogP contribution in [-0.4, -0.2) is 16.5 Å². The Balaban J connectivity index is 1.90. The predicted octanol–water partition coefficient (Wildman–Crippen LogP) is 2.45. The number of nitrogens with zero attached hydrogens (tertiary/aromatic N) is 2. The number of rotatable bonds is 3. The van der Waals surface area contributed by atoms with E-state index in [1.807, 2.05) is 12.4 Å². The molecule has 0 fully saturated rings. The van der Waals surface area contributed by atoms with Crippen LogP contribution in [0.25, 0.3) is 0 Å². The minimum atomic E-state index is 0.358. The zero-order valence-corrected chi connectivity index (χ0v) is 11.0. The smallest absolute Gasteiger partial charge is 0.135 e. The van der Waals surface area contributed by atoms with Crippen LogP contribution >= 0.6 is 0 Å². The van der Waals surface area contributed by atoms with Crippen LogP contribution in [0.4, 0.5) is 0 Å². The average Bonchev–Trinajstić information content (AvgIpc) is 2.48. The van der Waals surface area contributed by atoms with Gasteiger partial charge in [-0.25, -0.2) is 9.97 Å². The Bertz CT molecular complexity index is 548. The number of aromatic nitrogens is 2. The van der Waals surface area contributed by atoms with Gasteiger partial charge in [0.2, 0.25) is 0 Å². The SMILES string of the molecule is NCCc1cnc(C2CCCc3ccccc32)nc1. The van der Waals surface area contributed by atoms with E-state index >= 15 is 0 Å². The molecule has 3 heteroatoms. The summed E-state index contributed by atoms with van der Waals surface area (Å²) in [5, 5.41) is 0. The van der Waals surface area contributed by atoms with Gasteiger partial charge in [-0.3, -0.25) is 0 Å². The van der Waals surface area contributed by atoms with Gasteiger partial charge in [0.15, 0.2) is 0 Å². The highest BCUT2D eigenvalue weighted by atomic mass is 14.9. The van der Waals surface area contributed by atoms with Gasteiger partial charge in [-0.15, -0.1) is 0 Å². The minimum absolute atomic E-state index is 0.358. The summed E-state index contributed by atoms with van der Waals surface area (Å²) in [5.41, 5.74) is 9.53. The lowest BCUT2D eigenvalue weighted by Crippen LogP contribution is -2.14. The fourth-order valence-corrected chi connectivity index (χ4v) is 2.86. The summed E-state index contributed by atoms with van der Waals surface area (Å²) in [7, 11) is 0. The maximum absolute atomic E-state index is 5.55. The number of hydrogen-bond donors (Lipinski definition) is 1. The maximum atomic E-state index is 5.55. The van der Waals surface area contributed by atoms with Gasteiger partial charge in [-0.1, -0.05) is 24.3 Å². The number of fused-ring (bicyclic) bond motifs is 1. The standard InChI is InChI=1S/C16H19N3/c17-9-8-12-10-18-16(19-11-12)15-7-3-5-13-4-1-2-6-14(13)15/h1-2,4,6,10-11,15H,3,5,7-9,17H2. The molecule has 1 aromatic heterocycles. The molecule has 98 valence electrons. The van der Waals surface area contributed by atoms with Crippen molar-refractivity contribution >= 4 is 0 Å². The summed E-state index contributed by atoms with van der Waals surface area (Å²) >= 11 is 0. The Kier molecular flexibility index (Phi) is 3.56. The first-order valence-corrected chi connectivity index (χ1v) is 6.97. The van der Waals surface area contributed by atoms with Crippen LogP contribution in [0, 0.1) is 0 Å². The summed E-state index contributed by atoms with van der Waals surface area (Å²) in [5.74, 6) is 1.31. The Hall–Kier alpha value is -1.74. The van der Waals surface area contributed by atoms with E-state index in [2.05, 4.69) is 34.2 Å². The number of benzene rings is 1. The quantitative estimate of drug-likeness (QED) is 0.914. The molecular formula is C16H19N3. The van der Waals surface area contributed by atoms with E-state index in [0.29, 0.717) is 12.5 Å². The van der Waals surface area contributed by atoms with Crippen molar-refractivity contribution in [1.29, 1.82) is 0 Å². The molecule has 0 spiro atoms. The maximum Gasteiger partial charge on any atom is 0.135 e.